The van der Waals surface area contributed by atoms with Crippen molar-refractivity contribution in [3.8, 4) is 0 Å². The number of nitrogens with one attached hydrogen (secondary N) is 1. The summed E-state index contributed by atoms with van der Waals surface area (Å²) in [6.45, 7) is 2.74. The van der Waals surface area contributed by atoms with Crippen molar-refractivity contribution >= 4 is 29.3 Å². The second-order valence-electron chi connectivity index (χ2n) is 4.07. The molecule has 0 spiro atoms. The fraction of sp³-hybridized carbons (Fsp3) is 0.500. The molecule has 0 saturated heterocycles. The first-order valence-corrected chi connectivity index (χ1v) is 7.84. The Morgan fingerprint density at radius 1 is 1.47 bits per heavy atom. The third-order valence-electron chi connectivity index (χ3n) is 2.70. The van der Waals surface area contributed by atoms with Crippen molar-refractivity contribution in [2.75, 3.05) is 19.4 Å². The Balaban J connectivity index is 2.32. The van der Waals surface area contributed by atoms with E-state index in [9.17, 15) is 4.79 Å². The average Bonchev–Trinajstić information content (AvgIpc) is 2.43. The lowest BCUT2D eigenvalue weighted by Gasteiger charge is -2.14. The molecule has 1 aromatic rings. The molecule has 106 valence electrons. The number of hydrogen-bond acceptors (Lipinski definition) is 4. The molecule has 1 N–H and O–H groups in total. The van der Waals surface area contributed by atoms with Gasteiger partial charge in [0.15, 0.2) is 0 Å². The summed E-state index contributed by atoms with van der Waals surface area (Å²) in [5, 5.41) is 3.93. The molecule has 3 nitrogen and oxygen atoms in total. The van der Waals surface area contributed by atoms with Crippen molar-refractivity contribution in [1.29, 1.82) is 0 Å². The highest BCUT2D eigenvalue weighted by atomic mass is 35.5. The number of methoxy groups -OCH3 is 1. The van der Waals surface area contributed by atoms with Crippen LogP contribution in [-0.2, 0) is 15.3 Å². The monoisotopic (exact) mass is 301 g/mol. The first kappa shape index (κ1) is 16.3. The molecule has 0 heterocycles. The number of carbonyl (C=O) groups is 1. The van der Waals surface area contributed by atoms with Crippen LogP contribution in [0.2, 0.25) is 5.02 Å². The number of hydrogen-bond donors (Lipinski definition) is 1. The van der Waals surface area contributed by atoms with Gasteiger partial charge in [-0.1, -0.05) is 36.7 Å². The third kappa shape index (κ3) is 5.85. The van der Waals surface area contributed by atoms with Crippen LogP contribution in [0.5, 0.6) is 0 Å². The van der Waals surface area contributed by atoms with E-state index in [1.807, 2.05) is 31.2 Å². The minimum Gasteiger partial charge on any atom is -0.468 e. The maximum Gasteiger partial charge on any atom is 0.322 e. The molecule has 1 unspecified atom stereocenters. The molecule has 0 aliphatic carbocycles. The van der Waals surface area contributed by atoms with E-state index in [0.29, 0.717) is 0 Å². The molecule has 1 rings (SSSR count). The lowest BCUT2D eigenvalue weighted by molar-refractivity contribution is -0.143. The SMILES string of the molecule is CCNC(CCSCc1ccccc1Cl)C(=O)OC. The number of halogens is 1. The molecule has 5 heteroatoms. The van der Waals surface area contributed by atoms with Crippen molar-refractivity contribution in [3.63, 3.8) is 0 Å². The van der Waals surface area contributed by atoms with Gasteiger partial charge in [-0.3, -0.25) is 4.79 Å². The quantitative estimate of drug-likeness (QED) is 0.591. The van der Waals surface area contributed by atoms with Gasteiger partial charge in [0, 0.05) is 10.8 Å². The van der Waals surface area contributed by atoms with Crippen molar-refractivity contribution in [3.05, 3.63) is 34.9 Å². The summed E-state index contributed by atoms with van der Waals surface area (Å²) in [5.74, 6) is 1.55. The van der Waals surface area contributed by atoms with Crippen LogP contribution in [0, 0.1) is 0 Å². The van der Waals surface area contributed by atoms with E-state index in [1.54, 1.807) is 11.8 Å². The summed E-state index contributed by atoms with van der Waals surface area (Å²) in [6, 6.07) is 7.62. The Morgan fingerprint density at radius 2 is 2.21 bits per heavy atom. The molecule has 0 fully saturated rings. The lowest BCUT2D eigenvalue weighted by Crippen LogP contribution is -2.37. The number of ether oxygens (including phenoxy) is 1. The standard InChI is InChI=1S/C14H20ClNO2S/c1-3-16-13(14(17)18-2)8-9-19-10-11-6-4-5-7-12(11)15/h4-7,13,16H,3,8-10H2,1-2H3. The molecule has 0 radical (unpaired) electrons. The van der Waals surface area contributed by atoms with Crippen molar-refractivity contribution < 1.29 is 9.53 Å². The normalized spacial score (nSPS) is 12.2. The average molecular weight is 302 g/mol. The highest BCUT2D eigenvalue weighted by Crippen LogP contribution is 2.21. The summed E-state index contributed by atoms with van der Waals surface area (Å²) in [6.07, 6.45) is 0.760. The van der Waals surface area contributed by atoms with E-state index in [2.05, 4.69) is 5.32 Å². The minimum atomic E-state index is -0.214. The van der Waals surface area contributed by atoms with E-state index in [0.717, 1.165) is 35.1 Å². The van der Waals surface area contributed by atoms with Gasteiger partial charge in [0.05, 0.1) is 7.11 Å². The van der Waals surface area contributed by atoms with Crippen LogP contribution in [0.3, 0.4) is 0 Å². The first-order valence-electron chi connectivity index (χ1n) is 6.31. The zero-order chi connectivity index (χ0) is 14.1. The van der Waals surface area contributed by atoms with Gasteiger partial charge in [-0.25, -0.2) is 0 Å². The predicted molar refractivity (Wildman–Crippen MR) is 81.7 cm³/mol. The van der Waals surface area contributed by atoms with Gasteiger partial charge < -0.3 is 10.1 Å². The summed E-state index contributed by atoms with van der Waals surface area (Å²) >= 11 is 7.86. The fourth-order valence-corrected chi connectivity index (χ4v) is 2.99. The number of rotatable bonds is 8. The zero-order valence-corrected chi connectivity index (χ0v) is 12.9. The number of esters is 1. The van der Waals surface area contributed by atoms with E-state index in [1.165, 1.54) is 7.11 Å². The molecule has 1 atom stereocenters. The maximum absolute atomic E-state index is 11.5. The highest BCUT2D eigenvalue weighted by Gasteiger charge is 2.17. The summed E-state index contributed by atoms with van der Waals surface area (Å²) < 4.78 is 4.77. The number of carbonyl (C=O) groups excluding carboxylic acids is 1. The topological polar surface area (TPSA) is 38.3 Å². The highest BCUT2D eigenvalue weighted by molar-refractivity contribution is 7.98. The third-order valence-corrected chi connectivity index (χ3v) is 4.11. The maximum atomic E-state index is 11.5. The number of likely N-dealkylation sites (N-methyl/N-ethyl adjacent to an activating group) is 1. The molecular weight excluding hydrogens is 282 g/mol. The molecule has 0 amide bonds. The number of benzene rings is 1. The van der Waals surface area contributed by atoms with E-state index in [4.69, 9.17) is 16.3 Å². The molecule has 1 aromatic carbocycles. The van der Waals surface area contributed by atoms with Gasteiger partial charge in [-0.15, -0.1) is 0 Å². The van der Waals surface area contributed by atoms with E-state index in [-0.39, 0.29) is 12.0 Å². The Hall–Kier alpha value is -0.710. The first-order chi connectivity index (χ1) is 9.19. The molecule has 0 aliphatic rings. The van der Waals surface area contributed by atoms with Crippen LogP contribution in [0.4, 0.5) is 0 Å². The fourth-order valence-electron chi connectivity index (χ4n) is 1.69. The van der Waals surface area contributed by atoms with Crippen LogP contribution < -0.4 is 5.32 Å². The summed E-state index contributed by atoms with van der Waals surface area (Å²) in [4.78, 5) is 11.5. The Kier molecular flexibility index (Phi) is 7.94. The van der Waals surface area contributed by atoms with E-state index >= 15 is 0 Å². The predicted octanol–water partition coefficient (Wildman–Crippen LogP) is 3.11. The second-order valence-corrected chi connectivity index (χ2v) is 5.58. The van der Waals surface area contributed by atoms with Crippen LogP contribution in [0.1, 0.15) is 18.9 Å². The van der Waals surface area contributed by atoms with Gasteiger partial charge in [-0.05, 0) is 30.3 Å². The van der Waals surface area contributed by atoms with Crippen LogP contribution in [0.25, 0.3) is 0 Å². The van der Waals surface area contributed by atoms with Crippen LogP contribution in [0.15, 0.2) is 24.3 Å². The van der Waals surface area contributed by atoms with Crippen molar-refractivity contribution in [2.45, 2.75) is 25.1 Å². The van der Waals surface area contributed by atoms with Gasteiger partial charge >= 0.3 is 5.97 Å². The van der Waals surface area contributed by atoms with E-state index < -0.39 is 0 Å². The van der Waals surface area contributed by atoms with Gasteiger partial charge in [0.25, 0.3) is 0 Å². The van der Waals surface area contributed by atoms with Crippen LogP contribution >= 0.6 is 23.4 Å². The molecule has 0 aromatic heterocycles. The molecule has 0 aliphatic heterocycles. The van der Waals surface area contributed by atoms with Gasteiger partial charge in [0.2, 0.25) is 0 Å². The van der Waals surface area contributed by atoms with Crippen molar-refractivity contribution in [1.82, 2.24) is 5.32 Å². The smallest absolute Gasteiger partial charge is 0.322 e. The summed E-state index contributed by atoms with van der Waals surface area (Å²) in [5.41, 5.74) is 1.13. The molecule has 19 heavy (non-hydrogen) atoms. The Labute approximate surface area is 124 Å². The zero-order valence-electron chi connectivity index (χ0n) is 11.3. The Bertz CT molecular complexity index is 401. The number of thioether (sulfide) groups is 1. The molecule has 0 bridgehead atoms. The van der Waals surface area contributed by atoms with Gasteiger partial charge in [-0.2, -0.15) is 11.8 Å². The minimum absolute atomic E-state index is 0.194. The molecule has 0 saturated carbocycles. The lowest BCUT2D eigenvalue weighted by atomic mass is 10.2. The summed E-state index contributed by atoms with van der Waals surface area (Å²) in [7, 11) is 1.42. The largest absolute Gasteiger partial charge is 0.468 e. The second kappa shape index (κ2) is 9.23. The van der Waals surface area contributed by atoms with Crippen LogP contribution in [-0.4, -0.2) is 31.4 Å². The van der Waals surface area contributed by atoms with Crippen molar-refractivity contribution in [2.24, 2.45) is 0 Å². The van der Waals surface area contributed by atoms with Gasteiger partial charge in [0.1, 0.15) is 6.04 Å². The Morgan fingerprint density at radius 3 is 2.84 bits per heavy atom. The molecular formula is C14H20ClNO2S.